The molecule has 10 heteroatoms. The molecule has 0 N–H and O–H groups in total. The van der Waals surface area contributed by atoms with Gasteiger partial charge in [-0.05, 0) is 52.7 Å². The lowest BCUT2D eigenvalue weighted by molar-refractivity contribution is 0.0129. The van der Waals surface area contributed by atoms with Gasteiger partial charge in [0.15, 0.2) is 11.5 Å². The number of nitrogens with zero attached hydrogens (tertiary/aromatic N) is 8. The fourth-order valence-corrected chi connectivity index (χ4v) is 5.04. The molecule has 10 nitrogen and oxygen atoms in total. The summed E-state index contributed by atoms with van der Waals surface area (Å²) in [5.74, 6) is 2.37. The molecule has 192 valence electrons. The molecule has 0 saturated carbocycles. The predicted octanol–water partition coefficient (Wildman–Crippen LogP) is 3.96. The highest BCUT2D eigenvalue weighted by Gasteiger charge is 2.44. The molecule has 4 rings (SSSR count). The smallest absolute Gasteiger partial charge is 0.410 e. The maximum absolute atomic E-state index is 12.8. The number of hydrogen-bond acceptors (Lipinski definition) is 9. The highest BCUT2D eigenvalue weighted by Crippen LogP contribution is 2.47. The van der Waals surface area contributed by atoms with Crippen LogP contribution in [0.4, 0.5) is 22.2 Å². The Morgan fingerprint density at radius 2 is 1.86 bits per heavy atom. The van der Waals surface area contributed by atoms with Crippen molar-refractivity contribution in [2.75, 3.05) is 29.4 Å². The number of rotatable bonds is 3. The van der Waals surface area contributed by atoms with Crippen molar-refractivity contribution < 1.29 is 9.53 Å². The maximum Gasteiger partial charge on any atom is 0.410 e. The average molecular weight is 493 g/mol. The van der Waals surface area contributed by atoms with Crippen LogP contribution in [-0.2, 0) is 16.6 Å². The number of hydrogen-bond donors (Lipinski definition) is 0. The normalized spacial score (nSPS) is 21.2. The van der Waals surface area contributed by atoms with Crippen molar-refractivity contribution in [3.05, 3.63) is 29.2 Å². The molecule has 1 amide bonds. The lowest BCUT2D eigenvalue weighted by Gasteiger charge is -2.45. The Labute approximate surface area is 213 Å². The Balaban J connectivity index is 1.68. The molecule has 0 spiro atoms. The van der Waals surface area contributed by atoms with Crippen LogP contribution in [0.5, 0.6) is 0 Å². The molecule has 1 saturated heterocycles. The van der Waals surface area contributed by atoms with Crippen molar-refractivity contribution in [2.24, 2.45) is 0 Å². The number of aromatic nitrogens is 4. The van der Waals surface area contributed by atoms with Crippen molar-refractivity contribution >= 4 is 23.5 Å². The summed E-state index contributed by atoms with van der Waals surface area (Å²) in [6, 6.07) is 4.05. The van der Waals surface area contributed by atoms with Gasteiger partial charge in [-0.25, -0.2) is 14.8 Å². The van der Waals surface area contributed by atoms with E-state index in [1.807, 2.05) is 45.6 Å². The van der Waals surface area contributed by atoms with E-state index in [1.54, 1.807) is 6.33 Å². The number of nitriles is 1. The Kier molecular flexibility index (Phi) is 6.54. The van der Waals surface area contributed by atoms with Crippen LogP contribution < -0.4 is 9.80 Å². The number of piperazine rings is 1. The minimum atomic E-state index is -0.538. The largest absolute Gasteiger partial charge is 0.444 e. The second-order valence-electron chi connectivity index (χ2n) is 11.4. The molecule has 0 aromatic carbocycles. The fourth-order valence-electron chi connectivity index (χ4n) is 5.04. The third kappa shape index (κ3) is 4.66. The molecule has 2 aromatic heterocycles. The molecule has 2 aromatic rings. The van der Waals surface area contributed by atoms with E-state index in [1.165, 1.54) is 0 Å². The number of carbonyl (C=O) groups excluding carboxylic acids is 1. The zero-order valence-corrected chi connectivity index (χ0v) is 22.5. The summed E-state index contributed by atoms with van der Waals surface area (Å²) in [7, 11) is 0. The first-order chi connectivity index (χ1) is 16.9. The standard InChI is InChI=1S/C26H36N8O2/c1-9-18-10-20(31-30-19(18)11-27)34-14-26(7,8)21-22(28-15-29-23(21)34)32-12-17(3)33(13-16(32)2)24(35)36-25(4,5)6/h10,15-17H,9,12-14H2,1-8H3/t16-,17+/m0/s1. The van der Waals surface area contributed by atoms with Gasteiger partial charge in [0.2, 0.25) is 0 Å². The average Bonchev–Trinajstić information content (AvgIpc) is 3.09. The third-order valence-electron chi connectivity index (χ3n) is 6.80. The summed E-state index contributed by atoms with van der Waals surface area (Å²) in [5.41, 5.74) is 1.49. The highest BCUT2D eigenvalue weighted by molar-refractivity contribution is 5.74. The summed E-state index contributed by atoms with van der Waals surface area (Å²) in [4.78, 5) is 28.4. The molecule has 2 aliphatic heterocycles. The molecule has 0 aliphatic carbocycles. The third-order valence-corrected chi connectivity index (χ3v) is 6.80. The van der Waals surface area contributed by atoms with E-state index >= 15 is 0 Å². The van der Waals surface area contributed by atoms with Gasteiger partial charge < -0.3 is 19.4 Å². The summed E-state index contributed by atoms with van der Waals surface area (Å²) < 4.78 is 5.65. The number of carbonyl (C=O) groups is 1. The van der Waals surface area contributed by atoms with Crippen LogP contribution in [0, 0.1) is 11.3 Å². The van der Waals surface area contributed by atoms with Gasteiger partial charge in [-0.2, -0.15) is 5.26 Å². The molecule has 0 unspecified atom stereocenters. The Hall–Kier alpha value is -3.48. The minimum absolute atomic E-state index is 0.0407. The Morgan fingerprint density at radius 1 is 1.17 bits per heavy atom. The number of aryl methyl sites for hydroxylation is 1. The molecule has 2 atom stereocenters. The second kappa shape index (κ2) is 9.19. The Bertz CT molecular complexity index is 1200. The molecule has 1 fully saturated rings. The maximum atomic E-state index is 12.8. The first kappa shape index (κ1) is 25.6. The zero-order chi connectivity index (χ0) is 26.4. The molecular weight excluding hydrogens is 456 g/mol. The molecule has 0 radical (unpaired) electrons. The number of amides is 1. The van der Waals surface area contributed by atoms with E-state index in [9.17, 15) is 10.1 Å². The zero-order valence-electron chi connectivity index (χ0n) is 22.5. The minimum Gasteiger partial charge on any atom is -0.444 e. The van der Waals surface area contributed by atoms with Crippen molar-refractivity contribution in [1.29, 1.82) is 5.26 Å². The summed E-state index contributed by atoms with van der Waals surface area (Å²) >= 11 is 0. The number of fused-ring (bicyclic) bond motifs is 1. The van der Waals surface area contributed by atoms with Gasteiger partial charge in [0.1, 0.15) is 29.6 Å². The van der Waals surface area contributed by atoms with Crippen LogP contribution in [0.25, 0.3) is 0 Å². The van der Waals surface area contributed by atoms with Gasteiger partial charge in [0, 0.05) is 42.7 Å². The quantitative estimate of drug-likeness (QED) is 0.628. The lowest BCUT2D eigenvalue weighted by Crippen LogP contribution is -2.59. The summed E-state index contributed by atoms with van der Waals surface area (Å²) in [6.45, 7) is 18.0. The summed E-state index contributed by atoms with van der Waals surface area (Å²) in [5, 5.41) is 17.9. The lowest BCUT2D eigenvalue weighted by atomic mass is 9.87. The van der Waals surface area contributed by atoms with Gasteiger partial charge in [-0.1, -0.05) is 20.8 Å². The van der Waals surface area contributed by atoms with Gasteiger partial charge >= 0.3 is 6.09 Å². The number of anilines is 3. The van der Waals surface area contributed by atoms with Crippen LogP contribution in [0.15, 0.2) is 12.4 Å². The van der Waals surface area contributed by atoms with Crippen LogP contribution in [0.1, 0.15) is 72.2 Å². The first-order valence-electron chi connectivity index (χ1n) is 12.5. The molecular formula is C26H36N8O2. The van der Waals surface area contributed by atoms with E-state index in [0.717, 1.165) is 22.8 Å². The van der Waals surface area contributed by atoms with E-state index in [4.69, 9.17) is 9.72 Å². The fraction of sp³-hybridized carbons (Fsp3) is 0.615. The number of ether oxygens (including phenoxy) is 1. The monoisotopic (exact) mass is 492 g/mol. The van der Waals surface area contributed by atoms with Crippen molar-refractivity contribution in [2.45, 2.75) is 84.9 Å². The van der Waals surface area contributed by atoms with E-state index in [2.05, 4.69) is 51.8 Å². The van der Waals surface area contributed by atoms with Crippen molar-refractivity contribution in [3.63, 3.8) is 0 Å². The second-order valence-corrected chi connectivity index (χ2v) is 11.4. The molecule has 2 aliphatic rings. The Morgan fingerprint density at radius 3 is 2.50 bits per heavy atom. The van der Waals surface area contributed by atoms with E-state index in [-0.39, 0.29) is 23.6 Å². The van der Waals surface area contributed by atoms with Crippen molar-refractivity contribution in [3.8, 4) is 6.07 Å². The van der Waals surface area contributed by atoms with Crippen LogP contribution in [0.2, 0.25) is 0 Å². The van der Waals surface area contributed by atoms with Crippen LogP contribution in [-0.4, -0.2) is 68.5 Å². The molecule has 0 bridgehead atoms. The van der Waals surface area contributed by atoms with Gasteiger partial charge in [-0.15, -0.1) is 10.2 Å². The van der Waals surface area contributed by atoms with E-state index < -0.39 is 5.60 Å². The topological polar surface area (TPSA) is 111 Å². The van der Waals surface area contributed by atoms with Crippen LogP contribution >= 0.6 is 0 Å². The SMILES string of the molecule is CCc1cc(N2CC(C)(C)c3c2ncnc3N2C[C@@H](C)N(C(=O)OC(C)(C)C)C[C@@H]2C)nnc1C#N. The first-order valence-corrected chi connectivity index (χ1v) is 12.5. The van der Waals surface area contributed by atoms with Gasteiger partial charge in [0.05, 0.1) is 0 Å². The summed E-state index contributed by atoms with van der Waals surface area (Å²) in [6.07, 6.45) is 2.01. The van der Waals surface area contributed by atoms with Crippen LogP contribution in [0.3, 0.4) is 0 Å². The van der Waals surface area contributed by atoms with Gasteiger partial charge in [0.25, 0.3) is 0 Å². The van der Waals surface area contributed by atoms with E-state index in [0.29, 0.717) is 37.6 Å². The predicted molar refractivity (Wildman–Crippen MR) is 137 cm³/mol. The molecule has 36 heavy (non-hydrogen) atoms. The molecule has 4 heterocycles. The van der Waals surface area contributed by atoms with Gasteiger partial charge in [-0.3, -0.25) is 0 Å². The van der Waals surface area contributed by atoms with Crippen molar-refractivity contribution in [1.82, 2.24) is 25.1 Å². The highest BCUT2D eigenvalue weighted by atomic mass is 16.6.